The Morgan fingerprint density at radius 3 is 2.93 bits per heavy atom. The molecule has 0 aliphatic rings. The van der Waals surface area contributed by atoms with Crippen molar-refractivity contribution in [3.63, 3.8) is 0 Å². The van der Waals surface area contributed by atoms with E-state index in [-0.39, 0.29) is 0 Å². The number of aliphatic carboxylic acids is 1. The molecule has 78 valence electrons. The second-order valence-corrected chi connectivity index (χ2v) is 3.23. The first kappa shape index (κ1) is 9.45. The van der Waals surface area contributed by atoms with Crippen LogP contribution in [0, 0.1) is 0 Å². The molecule has 0 aliphatic carbocycles. The fraction of sp³-hybridized carbons (Fsp3) is 0.222. The van der Waals surface area contributed by atoms with Crippen molar-refractivity contribution in [1.29, 1.82) is 0 Å². The van der Waals surface area contributed by atoms with Crippen molar-refractivity contribution in [3.05, 3.63) is 18.2 Å². The van der Waals surface area contributed by atoms with Gasteiger partial charge in [0.15, 0.2) is 0 Å². The molecule has 6 nitrogen and oxygen atoms in total. The highest BCUT2D eigenvalue weighted by atomic mass is 16.4. The maximum absolute atomic E-state index is 10.6. The van der Waals surface area contributed by atoms with Gasteiger partial charge in [0.25, 0.3) is 0 Å². The van der Waals surface area contributed by atoms with Gasteiger partial charge in [0.2, 0.25) is 0 Å². The standard InChI is InChI=1S/C9H10N4O2/c1-5(9(14)15)10-6-2-3-7-8(4-6)12-13-11-7/h2-5,10H,1H3,(H,14,15)(H,11,12,13). The molecule has 1 atom stereocenters. The zero-order valence-corrected chi connectivity index (χ0v) is 8.06. The lowest BCUT2D eigenvalue weighted by Crippen LogP contribution is -2.25. The van der Waals surface area contributed by atoms with Gasteiger partial charge in [-0.05, 0) is 25.1 Å². The van der Waals surface area contributed by atoms with Gasteiger partial charge in [0.1, 0.15) is 17.1 Å². The number of nitrogens with one attached hydrogen (secondary N) is 2. The van der Waals surface area contributed by atoms with E-state index < -0.39 is 12.0 Å². The summed E-state index contributed by atoms with van der Waals surface area (Å²) in [5.74, 6) is -0.893. The van der Waals surface area contributed by atoms with Gasteiger partial charge in [0.05, 0.1) is 0 Å². The third-order valence-corrected chi connectivity index (χ3v) is 2.07. The molecule has 0 spiro atoms. The van der Waals surface area contributed by atoms with E-state index in [0.717, 1.165) is 5.52 Å². The minimum atomic E-state index is -0.893. The number of hydrogen-bond acceptors (Lipinski definition) is 4. The third-order valence-electron chi connectivity index (χ3n) is 2.07. The van der Waals surface area contributed by atoms with Crippen molar-refractivity contribution in [2.45, 2.75) is 13.0 Å². The average Bonchev–Trinajstić information content (AvgIpc) is 2.64. The van der Waals surface area contributed by atoms with Crippen LogP contribution in [0.15, 0.2) is 18.2 Å². The van der Waals surface area contributed by atoms with Crippen LogP contribution in [0.25, 0.3) is 11.0 Å². The van der Waals surface area contributed by atoms with Crippen LogP contribution in [0.1, 0.15) is 6.92 Å². The van der Waals surface area contributed by atoms with Crippen LogP contribution >= 0.6 is 0 Å². The second kappa shape index (κ2) is 3.56. The summed E-state index contributed by atoms with van der Waals surface area (Å²) in [6, 6.07) is 4.66. The van der Waals surface area contributed by atoms with Gasteiger partial charge in [-0.25, -0.2) is 0 Å². The summed E-state index contributed by atoms with van der Waals surface area (Å²) < 4.78 is 0. The molecule has 0 aliphatic heterocycles. The molecule has 0 fully saturated rings. The van der Waals surface area contributed by atoms with Crippen molar-refractivity contribution >= 4 is 22.7 Å². The van der Waals surface area contributed by atoms with Crippen LogP contribution < -0.4 is 5.32 Å². The lowest BCUT2D eigenvalue weighted by molar-refractivity contribution is -0.137. The Kier molecular flexibility index (Phi) is 2.24. The first-order valence-corrected chi connectivity index (χ1v) is 4.46. The lowest BCUT2D eigenvalue weighted by Gasteiger charge is -2.09. The number of carboxylic acids is 1. The van der Waals surface area contributed by atoms with E-state index in [9.17, 15) is 4.79 Å². The van der Waals surface area contributed by atoms with E-state index >= 15 is 0 Å². The van der Waals surface area contributed by atoms with E-state index in [4.69, 9.17) is 5.11 Å². The molecular weight excluding hydrogens is 196 g/mol. The van der Waals surface area contributed by atoms with Crippen LogP contribution in [0.3, 0.4) is 0 Å². The van der Waals surface area contributed by atoms with Crippen LogP contribution in [-0.2, 0) is 4.79 Å². The normalized spacial score (nSPS) is 12.6. The van der Waals surface area contributed by atoms with E-state index in [0.29, 0.717) is 11.2 Å². The zero-order chi connectivity index (χ0) is 10.8. The molecule has 0 saturated heterocycles. The number of fused-ring (bicyclic) bond motifs is 1. The topological polar surface area (TPSA) is 90.9 Å². The van der Waals surface area contributed by atoms with Crippen molar-refractivity contribution in [3.8, 4) is 0 Å². The van der Waals surface area contributed by atoms with Crippen molar-refractivity contribution in [2.24, 2.45) is 0 Å². The van der Waals surface area contributed by atoms with Gasteiger partial charge in [-0.3, -0.25) is 4.79 Å². The number of rotatable bonds is 3. The molecule has 1 unspecified atom stereocenters. The van der Waals surface area contributed by atoms with Gasteiger partial charge in [-0.15, -0.1) is 0 Å². The highest BCUT2D eigenvalue weighted by molar-refractivity contribution is 5.81. The van der Waals surface area contributed by atoms with Crippen molar-refractivity contribution < 1.29 is 9.90 Å². The highest BCUT2D eigenvalue weighted by Crippen LogP contribution is 2.15. The Morgan fingerprint density at radius 2 is 2.20 bits per heavy atom. The number of aromatic nitrogens is 3. The molecule has 3 N–H and O–H groups in total. The van der Waals surface area contributed by atoms with Gasteiger partial charge in [0, 0.05) is 5.69 Å². The van der Waals surface area contributed by atoms with E-state index in [1.54, 1.807) is 25.1 Å². The van der Waals surface area contributed by atoms with E-state index in [1.807, 2.05) is 0 Å². The van der Waals surface area contributed by atoms with Crippen molar-refractivity contribution in [2.75, 3.05) is 5.32 Å². The minimum absolute atomic E-state index is 0.630. The number of aromatic amines is 1. The molecule has 2 aromatic rings. The van der Waals surface area contributed by atoms with Crippen molar-refractivity contribution in [1.82, 2.24) is 15.4 Å². The summed E-state index contributed by atoms with van der Waals surface area (Å²) in [6.45, 7) is 1.58. The number of carboxylic acid groups (broad SMARTS) is 1. The smallest absolute Gasteiger partial charge is 0.325 e. The Morgan fingerprint density at radius 1 is 1.47 bits per heavy atom. The van der Waals surface area contributed by atoms with Crippen LogP contribution in [-0.4, -0.2) is 32.5 Å². The average molecular weight is 206 g/mol. The molecule has 0 bridgehead atoms. The first-order valence-electron chi connectivity index (χ1n) is 4.46. The Hall–Kier alpha value is -2.11. The SMILES string of the molecule is CC(Nc1ccc2n[nH]nc2c1)C(=O)O. The van der Waals surface area contributed by atoms with Gasteiger partial charge < -0.3 is 10.4 Å². The fourth-order valence-electron chi connectivity index (χ4n) is 1.24. The van der Waals surface area contributed by atoms with Crippen LogP contribution in [0.5, 0.6) is 0 Å². The molecule has 1 aromatic carbocycles. The number of benzene rings is 1. The highest BCUT2D eigenvalue weighted by Gasteiger charge is 2.10. The Labute approximate surface area is 85.3 Å². The van der Waals surface area contributed by atoms with Crippen LogP contribution in [0.2, 0.25) is 0 Å². The minimum Gasteiger partial charge on any atom is -0.480 e. The molecule has 2 rings (SSSR count). The lowest BCUT2D eigenvalue weighted by atomic mass is 10.2. The Bertz CT molecular complexity index is 494. The second-order valence-electron chi connectivity index (χ2n) is 3.23. The molecule has 1 aromatic heterocycles. The van der Waals surface area contributed by atoms with Gasteiger partial charge in [-0.2, -0.15) is 15.4 Å². The Balaban J connectivity index is 2.24. The predicted molar refractivity (Wildman–Crippen MR) is 54.6 cm³/mol. The predicted octanol–water partition coefficient (Wildman–Crippen LogP) is 0.843. The molecule has 0 amide bonds. The maximum Gasteiger partial charge on any atom is 0.325 e. The molecule has 0 saturated carbocycles. The van der Waals surface area contributed by atoms with Gasteiger partial charge >= 0.3 is 5.97 Å². The summed E-state index contributed by atoms with van der Waals surface area (Å²) in [4.78, 5) is 10.6. The summed E-state index contributed by atoms with van der Waals surface area (Å²) >= 11 is 0. The summed E-state index contributed by atoms with van der Waals surface area (Å²) in [5, 5.41) is 21.9. The number of H-pyrrole nitrogens is 1. The van der Waals surface area contributed by atoms with E-state index in [2.05, 4.69) is 20.7 Å². The molecule has 0 radical (unpaired) electrons. The molecule has 1 heterocycles. The third kappa shape index (κ3) is 1.88. The molecule has 6 heteroatoms. The number of hydrogen-bond donors (Lipinski definition) is 3. The summed E-state index contributed by atoms with van der Waals surface area (Å²) in [6.07, 6.45) is 0. The van der Waals surface area contributed by atoms with Gasteiger partial charge in [-0.1, -0.05) is 0 Å². The quantitative estimate of drug-likeness (QED) is 0.692. The summed E-state index contributed by atoms with van der Waals surface area (Å²) in [5.41, 5.74) is 2.17. The largest absolute Gasteiger partial charge is 0.480 e. The number of nitrogens with zero attached hydrogens (tertiary/aromatic N) is 2. The van der Waals surface area contributed by atoms with Crippen LogP contribution in [0.4, 0.5) is 5.69 Å². The molecule has 15 heavy (non-hydrogen) atoms. The number of anilines is 1. The monoisotopic (exact) mass is 206 g/mol. The fourth-order valence-corrected chi connectivity index (χ4v) is 1.24. The maximum atomic E-state index is 10.6. The van der Waals surface area contributed by atoms with E-state index in [1.165, 1.54) is 0 Å². The number of carbonyl (C=O) groups is 1. The molecular formula is C9H10N4O2. The summed E-state index contributed by atoms with van der Waals surface area (Å²) in [7, 11) is 0. The first-order chi connectivity index (χ1) is 7.16. The zero-order valence-electron chi connectivity index (χ0n) is 8.06.